The fourth-order valence-corrected chi connectivity index (χ4v) is 4.71. The molecular weight excluding hydrogens is 494 g/mol. The van der Waals surface area contributed by atoms with Crippen molar-refractivity contribution in [2.24, 2.45) is 0 Å². The maximum absolute atomic E-state index is 12.2. The van der Waals surface area contributed by atoms with Gasteiger partial charge in [0.05, 0.1) is 13.2 Å². The minimum Gasteiger partial charge on any atom is -0.394 e. The molecule has 7 N–H and O–H groups in total. The average Bonchev–Trinajstić information content (AvgIpc) is 2.90. The van der Waals surface area contributed by atoms with E-state index in [1.165, 1.54) is 12.3 Å². The minimum absolute atomic E-state index is 0.0127. The van der Waals surface area contributed by atoms with Gasteiger partial charge in [0.2, 0.25) is 0 Å². The van der Waals surface area contributed by atoms with Crippen LogP contribution in [0.5, 0.6) is 0 Å². The van der Waals surface area contributed by atoms with Gasteiger partial charge in [-0.05, 0) is 6.07 Å². The lowest BCUT2D eigenvalue weighted by atomic mass is 9.96. The van der Waals surface area contributed by atoms with Gasteiger partial charge in [0.15, 0.2) is 18.8 Å². The highest BCUT2D eigenvalue weighted by Crippen LogP contribution is 2.36. The Bertz CT molecular complexity index is 1120. The summed E-state index contributed by atoms with van der Waals surface area (Å²) in [7, 11) is 0. The number of rotatable bonds is 5. The van der Waals surface area contributed by atoms with E-state index in [1.807, 2.05) is 18.2 Å². The number of benzene rings is 1. The Kier molecular flexibility index (Phi) is 7.56. The number of fused-ring (bicyclic) bond motifs is 1. The molecule has 11 unspecified atom stereocenters. The van der Waals surface area contributed by atoms with E-state index in [-0.39, 0.29) is 12.4 Å². The number of nitrogens with two attached hydrogens (primary N) is 1. The van der Waals surface area contributed by atoms with Gasteiger partial charge in [0.25, 0.3) is 0 Å². The monoisotopic (exact) mass is 523 g/mol. The lowest BCUT2D eigenvalue weighted by molar-refractivity contribution is -0.381. The molecule has 2 aromatic rings. The Morgan fingerprint density at radius 1 is 1.00 bits per heavy atom. The summed E-state index contributed by atoms with van der Waals surface area (Å²) in [5.74, 6) is -0.0435. The van der Waals surface area contributed by atoms with Crippen molar-refractivity contribution in [3.63, 3.8) is 0 Å². The zero-order valence-electron chi connectivity index (χ0n) is 19.5. The summed E-state index contributed by atoms with van der Waals surface area (Å²) in [6.07, 6.45) is -13.3. The third-order valence-corrected chi connectivity index (χ3v) is 6.66. The third-order valence-electron chi connectivity index (χ3n) is 6.66. The Balaban J connectivity index is 1.29. The molecule has 11 atom stereocenters. The first-order chi connectivity index (χ1) is 17.8. The summed E-state index contributed by atoms with van der Waals surface area (Å²) < 4.78 is 29.7. The van der Waals surface area contributed by atoms with Crippen LogP contribution in [0.2, 0.25) is 0 Å². The molecular formula is C23H29N3O11. The number of hydrogen-bond acceptors (Lipinski definition) is 13. The first-order valence-corrected chi connectivity index (χ1v) is 11.7. The van der Waals surface area contributed by atoms with Crippen molar-refractivity contribution in [2.45, 2.75) is 67.6 Å². The molecule has 4 heterocycles. The molecule has 0 amide bonds. The normalized spacial score (nSPS) is 40.2. The summed E-state index contributed by atoms with van der Waals surface area (Å²) in [5.41, 5.74) is 5.39. The summed E-state index contributed by atoms with van der Waals surface area (Å²) in [5, 5.41) is 52.9. The van der Waals surface area contributed by atoms with Gasteiger partial charge >= 0.3 is 5.69 Å². The second-order valence-electron chi connectivity index (χ2n) is 9.07. The molecule has 3 saturated heterocycles. The maximum Gasteiger partial charge on any atom is 0.351 e. The molecule has 0 bridgehead atoms. The largest absolute Gasteiger partial charge is 0.394 e. The van der Waals surface area contributed by atoms with Crippen LogP contribution >= 0.6 is 0 Å². The highest BCUT2D eigenvalue weighted by atomic mass is 16.8. The van der Waals surface area contributed by atoms with Gasteiger partial charge in [-0.1, -0.05) is 30.3 Å². The molecule has 14 heteroatoms. The fraction of sp³-hybridized carbons (Fsp3) is 0.565. The van der Waals surface area contributed by atoms with Gasteiger partial charge in [-0.25, -0.2) is 4.79 Å². The summed E-state index contributed by atoms with van der Waals surface area (Å²) in [6.45, 7) is -0.663. The molecule has 0 spiro atoms. The average molecular weight is 523 g/mol. The van der Waals surface area contributed by atoms with E-state index in [0.717, 1.165) is 10.1 Å². The Labute approximate surface area is 210 Å². The van der Waals surface area contributed by atoms with Gasteiger partial charge in [0, 0.05) is 11.8 Å². The molecule has 5 rings (SSSR count). The molecule has 202 valence electrons. The fourth-order valence-electron chi connectivity index (χ4n) is 4.71. The summed E-state index contributed by atoms with van der Waals surface area (Å²) in [4.78, 5) is 15.8. The molecule has 14 nitrogen and oxygen atoms in total. The molecule has 1 aromatic heterocycles. The quantitative estimate of drug-likeness (QED) is 0.238. The van der Waals surface area contributed by atoms with Crippen LogP contribution in [0.25, 0.3) is 0 Å². The number of anilines is 1. The van der Waals surface area contributed by atoms with Gasteiger partial charge in [-0.15, -0.1) is 0 Å². The summed E-state index contributed by atoms with van der Waals surface area (Å²) >= 11 is 0. The number of nitrogens with zero attached hydrogens (tertiary/aromatic N) is 2. The number of aliphatic hydroxyl groups excluding tert-OH is 5. The molecule has 3 fully saturated rings. The first kappa shape index (κ1) is 26.1. The van der Waals surface area contributed by atoms with Crippen LogP contribution in [0.1, 0.15) is 18.1 Å². The molecule has 0 aliphatic carbocycles. The predicted molar refractivity (Wildman–Crippen MR) is 121 cm³/mol. The number of ether oxygens (including phenoxy) is 5. The number of nitrogen functional groups attached to an aromatic ring is 1. The van der Waals surface area contributed by atoms with E-state index >= 15 is 0 Å². The van der Waals surface area contributed by atoms with Crippen molar-refractivity contribution in [1.82, 2.24) is 9.55 Å². The van der Waals surface area contributed by atoms with Crippen LogP contribution in [0.3, 0.4) is 0 Å². The van der Waals surface area contributed by atoms with Gasteiger partial charge in [-0.2, -0.15) is 4.98 Å². The number of aliphatic hydroxyl groups is 5. The van der Waals surface area contributed by atoms with Crippen LogP contribution in [-0.4, -0.2) is 103 Å². The topological polar surface area (TPSA) is 208 Å². The highest BCUT2D eigenvalue weighted by molar-refractivity contribution is 5.23. The van der Waals surface area contributed by atoms with Crippen LogP contribution in [0.15, 0.2) is 47.4 Å². The first-order valence-electron chi connectivity index (χ1n) is 11.7. The second-order valence-corrected chi connectivity index (χ2v) is 9.07. The SMILES string of the molecule is Nc1ccn(C2OC(CO)C(OC3OC4COC(c5ccccc5)OC4C(O)C3O)C(O)C2O)c(=O)n1. The van der Waals surface area contributed by atoms with Gasteiger partial charge in [-0.3, -0.25) is 4.57 Å². The lowest BCUT2D eigenvalue weighted by Gasteiger charge is -2.48. The van der Waals surface area contributed by atoms with E-state index in [2.05, 4.69) is 4.98 Å². The van der Waals surface area contributed by atoms with Crippen molar-refractivity contribution in [2.75, 3.05) is 18.9 Å². The van der Waals surface area contributed by atoms with Crippen molar-refractivity contribution in [1.29, 1.82) is 0 Å². The molecule has 0 radical (unpaired) electrons. The van der Waals surface area contributed by atoms with Crippen LogP contribution in [0, 0.1) is 0 Å². The Hall–Kier alpha value is -2.50. The van der Waals surface area contributed by atoms with Gasteiger partial charge in [0.1, 0.15) is 54.6 Å². The standard InChI is InChI=1S/C23H29N3O11/c24-13-6-7-26(23(32)25-13)20-16(30)14(28)18(11(8-27)34-20)37-22-17(31)15(29)19-12(35-22)9-33-21(36-19)10-4-2-1-3-5-10/h1-7,11-12,14-22,27-31H,8-9H2,(H2,24,25,32). The van der Waals surface area contributed by atoms with E-state index in [4.69, 9.17) is 29.4 Å². The Morgan fingerprint density at radius 2 is 1.76 bits per heavy atom. The second kappa shape index (κ2) is 10.7. The molecule has 3 aliphatic heterocycles. The maximum atomic E-state index is 12.2. The Morgan fingerprint density at radius 3 is 2.46 bits per heavy atom. The van der Waals surface area contributed by atoms with Crippen LogP contribution < -0.4 is 11.4 Å². The van der Waals surface area contributed by atoms with Crippen LogP contribution in [0.4, 0.5) is 5.82 Å². The molecule has 3 aliphatic rings. The van der Waals surface area contributed by atoms with E-state index in [0.29, 0.717) is 0 Å². The van der Waals surface area contributed by atoms with E-state index < -0.39 is 79.9 Å². The zero-order valence-corrected chi connectivity index (χ0v) is 19.5. The number of aromatic nitrogens is 2. The third kappa shape index (κ3) is 5.00. The van der Waals surface area contributed by atoms with E-state index in [9.17, 15) is 30.3 Å². The summed E-state index contributed by atoms with van der Waals surface area (Å²) in [6, 6.07) is 10.4. The molecule has 1 aromatic carbocycles. The lowest BCUT2D eigenvalue weighted by Crippen LogP contribution is -2.65. The van der Waals surface area contributed by atoms with Crippen LogP contribution in [-0.2, 0) is 23.7 Å². The van der Waals surface area contributed by atoms with Crippen molar-refractivity contribution in [3.05, 3.63) is 58.6 Å². The highest BCUT2D eigenvalue weighted by Gasteiger charge is 2.53. The zero-order chi connectivity index (χ0) is 26.3. The minimum atomic E-state index is -1.69. The van der Waals surface area contributed by atoms with Crippen molar-refractivity contribution >= 4 is 5.82 Å². The smallest absolute Gasteiger partial charge is 0.351 e. The van der Waals surface area contributed by atoms with Crippen molar-refractivity contribution in [3.8, 4) is 0 Å². The molecule has 0 saturated carbocycles. The van der Waals surface area contributed by atoms with E-state index in [1.54, 1.807) is 12.1 Å². The van der Waals surface area contributed by atoms with Gasteiger partial charge < -0.3 is 55.0 Å². The predicted octanol–water partition coefficient (Wildman–Crippen LogP) is -2.62. The van der Waals surface area contributed by atoms with Crippen molar-refractivity contribution < 1.29 is 49.2 Å². The molecule has 37 heavy (non-hydrogen) atoms. The number of hydrogen-bond donors (Lipinski definition) is 6.